The molecule has 2 aliphatic heterocycles. The summed E-state index contributed by atoms with van der Waals surface area (Å²) in [6.45, 7) is 13.7. The first-order valence-electron chi connectivity index (χ1n) is 7.26. The van der Waals surface area contributed by atoms with E-state index in [4.69, 9.17) is 0 Å². The number of nitrogens with zero attached hydrogens (tertiary/aromatic N) is 3. The third kappa shape index (κ3) is 3.68. The van der Waals surface area contributed by atoms with Crippen LogP contribution in [0.3, 0.4) is 0 Å². The van der Waals surface area contributed by atoms with Gasteiger partial charge in [0, 0.05) is 67.7 Å². The Kier molecular flexibility index (Phi) is 5.92. The van der Waals surface area contributed by atoms with E-state index < -0.39 is 0 Å². The van der Waals surface area contributed by atoms with Crippen molar-refractivity contribution in [1.82, 2.24) is 12.9 Å². The van der Waals surface area contributed by atoms with Crippen LogP contribution >= 0.6 is 22.9 Å². The molecule has 2 rings (SSSR count). The molecule has 2 atom stereocenters. The summed E-state index contributed by atoms with van der Waals surface area (Å²) >= 11 is 2.45. The van der Waals surface area contributed by atoms with Gasteiger partial charge in [0.25, 0.3) is 0 Å². The SMILES string of the molecule is C=C[C@H]1CC(N2CCN(I)CC2)CCN1CCC. The van der Waals surface area contributed by atoms with Gasteiger partial charge in [0.2, 0.25) is 0 Å². The highest BCUT2D eigenvalue weighted by Crippen LogP contribution is 2.24. The van der Waals surface area contributed by atoms with Crippen molar-refractivity contribution in [3.8, 4) is 0 Å². The molecule has 2 saturated heterocycles. The molecule has 0 saturated carbocycles. The second-order valence-corrected chi connectivity index (χ2v) is 6.83. The maximum atomic E-state index is 4.04. The van der Waals surface area contributed by atoms with E-state index in [1.165, 1.54) is 58.5 Å². The lowest BCUT2D eigenvalue weighted by Gasteiger charge is -2.44. The minimum absolute atomic E-state index is 0.598. The molecule has 2 fully saturated rings. The summed E-state index contributed by atoms with van der Waals surface area (Å²) in [4.78, 5) is 5.31. The highest BCUT2D eigenvalue weighted by atomic mass is 127. The molecular formula is C14H26IN3. The number of likely N-dealkylation sites (tertiary alicyclic amines) is 1. The molecule has 0 radical (unpaired) electrons. The molecule has 1 unspecified atom stereocenters. The predicted molar refractivity (Wildman–Crippen MR) is 86.0 cm³/mol. The van der Waals surface area contributed by atoms with Gasteiger partial charge in [-0.1, -0.05) is 13.0 Å². The first kappa shape index (κ1) is 14.8. The van der Waals surface area contributed by atoms with E-state index in [1.54, 1.807) is 0 Å². The Labute approximate surface area is 126 Å². The van der Waals surface area contributed by atoms with Crippen molar-refractivity contribution in [2.75, 3.05) is 39.3 Å². The monoisotopic (exact) mass is 363 g/mol. The molecule has 0 aromatic heterocycles. The maximum absolute atomic E-state index is 4.04. The Balaban J connectivity index is 1.87. The number of piperidine rings is 1. The van der Waals surface area contributed by atoms with Crippen LogP contribution in [0.2, 0.25) is 0 Å². The summed E-state index contributed by atoms with van der Waals surface area (Å²) in [5, 5.41) is 0. The maximum Gasteiger partial charge on any atom is 0.0290 e. The van der Waals surface area contributed by atoms with Gasteiger partial charge in [-0.3, -0.25) is 9.80 Å². The van der Waals surface area contributed by atoms with Crippen molar-refractivity contribution < 1.29 is 0 Å². The largest absolute Gasteiger partial charge is 0.298 e. The second kappa shape index (κ2) is 7.22. The van der Waals surface area contributed by atoms with Crippen LogP contribution in [0.1, 0.15) is 26.2 Å². The van der Waals surface area contributed by atoms with Crippen LogP contribution < -0.4 is 0 Å². The fraction of sp³-hybridized carbons (Fsp3) is 0.857. The highest BCUT2D eigenvalue weighted by molar-refractivity contribution is 14.1. The lowest BCUT2D eigenvalue weighted by atomic mass is 9.95. The van der Waals surface area contributed by atoms with Gasteiger partial charge in [0.15, 0.2) is 0 Å². The van der Waals surface area contributed by atoms with Crippen molar-refractivity contribution in [3.63, 3.8) is 0 Å². The molecule has 0 aromatic rings. The van der Waals surface area contributed by atoms with E-state index >= 15 is 0 Å². The molecule has 3 nitrogen and oxygen atoms in total. The van der Waals surface area contributed by atoms with Gasteiger partial charge in [0.1, 0.15) is 0 Å². The van der Waals surface area contributed by atoms with Crippen LogP contribution in [-0.4, -0.2) is 64.3 Å². The standard InChI is InChI=1S/C14H26IN3/c1-3-6-16-7-5-14(12-13(16)4-2)17-8-10-18(15)11-9-17/h4,13-14H,2-3,5-12H2,1H3/t13-,14?/m0/s1. The minimum Gasteiger partial charge on any atom is -0.298 e. The van der Waals surface area contributed by atoms with Gasteiger partial charge >= 0.3 is 0 Å². The zero-order valence-corrected chi connectivity index (χ0v) is 13.7. The normalized spacial score (nSPS) is 32.6. The van der Waals surface area contributed by atoms with Gasteiger partial charge in [-0.25, -0.2) is 3.11 Å². The molecule has 0 amide bonds. The van der Waals surface area contributed by atoms with Crippen molar-refractivity contribution in [1.29, 1.82) is 0 Å². The Morgan fingerprint density at radius 2 is 1.94 bits per heavy atom. The van der Waals surface area contributed by atoms with Crippen molar-refractivity contribution in [2.24, 2.45) is 0 Å². The zero-order chi connectivity index (χ0) is 13.0. The van der Waals surface area contributed by atoms with Crippen LogP contribution in [0.4, 0.5) is 0 Å². The van der Waals surface area contributed by atoms with Crippen LogP contribution in [0.5, 0.6) is 0 Å². The van der Waals surface area contributed by atoms with Crippen molar-refractivity contribution in [2.45, 2.75) is 38.3 Å². The second-order valence-electron chi connectivity index (χ2n) is 5.46. The van der Waals surface area contributed by atoms with Crippen LogP contribution in [0, 0.1) is 0 Å². The molecule has 2 aliphatic rings. The molecule has 2 heterocycles. The molecule has 104 valence electrons. The average molecular weight is 363 g/mol. The number of rotatable bonds is 4. The first-order chi connectivity index (χ1) is 8.74. The number of hydrogen-bond donors (Lipinski definition) is 0. The average Bonchev–Trinajstić information content (AvgIpc) is 2.40. The Bertz CT molecular complexity index is 264. The molecular weight excluding hydrogens is 337 g/mol. The topological polar surface area (TPSA) is 9.72 Å². The molecule has 18 heavy (non-hydrogen) atoms. The van der Waals surface area contributed by atoms with E-state index in [-0.39, 0.29) is 0 Å². The highest BCUT2D eigenvalue weighted by Gasteiger charge is 2.30. The lowest BCUT2D eigenvalue weighted by molar-refractivity contribution is 0.0665. The third-order valence-corrected chi connectivity index (χ3v) is 5.26. The number of piperazine rings is 1. The van der Waals surface area contributed by atoms with Gasteiger partial charge < -0.3 is 0 Å². The zero-order valence-electron chi connectivity index (χ0n) is 11.5. The Morgan fingerprint density at radius 1 is 1.22 bits per heavy atom. The van der Waals surface area contributed by atoms with Crippen molar-refractivity contribution >= 4 is 22.9 Å². The third-order valence-electron chi connectivity index (χ3n) is 4.29. The summed E-state index contributed by atoms with van der Waals surface area (Å²) in [7, 11) is 0. The molecule has 0 spiro atoms. The predicted octanol–water partition coefficient (Wildman–Crippen LogP) is 2.38. The van der Waals surface area contributed by atoms with Gasteiger partial charge in [-0.2, -0.15) is 0 Å². The summed E-state index contributed by atoms with van der Waals surface area (Å²) in [6.07, 6.45) is 6.04. The summed E-state index contributed by atoms with van der Waals surface area (Å²) < 4.78 is 2.41. The van der Waals surface area contributed by atoms with Crippen LogP contribution in [-0.2, 0) is 0 Å². The summed E-state index contributed by atoms with van der Waals surface area (Å²) in [5.41, 5.74) is 0. The van der Waals surface area contributed by atoms with E-state index in [2.05, 4.69) is 55.4 Å². The Morgan fingerprint density at radius 3 is 2.56 bits per heavy atom. The quantitative estimate of drug-likeness (QED) is 0.432. The van der Waals surface area contributed by atoms with E-state index in [1.807, 2.05) is 0 Å². The lowest BCUT2D eigenvalue weighted by Crippen LogP contribution is -2.53. The van der Waals surface area contributed by atoms with Crippen LogP contribution in [0.15, 0.2) is 12.7 Å². The van der Waals surface area contributed by atoms with Crippen LogP contribution in [0.25, 0.3) is 0 Å². The minimum atomic E-state index is 0.598. The fourth-order valence-electron chi connectivity index (χ4n) is 3.23. The fourth-order valence-corrected chi connectivity index (χ4v) is 3.66. The van der Waals surface area contributed by atoms with Gasteiger partial charge in [-0.15, -0.1) is 6.58 Å². The molecule has 0 N–H and O–H groups in total. The summed E-state index contributed by atoms with van der Waals surface area (Å²) in [5.74, 6) is 0. The van der Waals surface area contributed by atoms with E-state index in [9.17, 15) is 0 Å². The molecule has 0 aliphatic carbocycles. The smallest absolute Gasteiger partial charge is 0.0290 e. The van der Waals surface area contributed by atoms with Gasteiger partial charge in [-0.05, 0) is 25.8 Å². The first-order valence-corrected chi connectivity index (χ1v) is 8.22. The molecule has 0 bridgehead atoms. The summed E-state index contributed by atoms with van der Waals surface area (Å²) in [6, 6.07) is 1.38. The number of hydrogen-bond acceptors (Lipinski definition) is 3. The number of halogens is 1. The molecule has 0 aromatic carbocycles. The van der Waals surface area contributed by atoms with E-state index in [0.29, 0.717) is 6.04 Å². The Hall–Kier alpha value is 0.350. The molecule has 4 heteroatoms. The van der Waals surface area contributed by atoms with Crippen molar-refractivity contribution in [3.05, 3.63) is 12.7 Å². The van der Waals surface area contributed by atoms with E-state index in [0.717, 1.165) is 6.04 Å². The van der Waals surface area contributed by atoms with Gasteiger partial charge in [0.05, 0.1) is 0 Å².